The minimum Gasteiger partial charge on any atom is -0.465 e. The quantitative estimate of drug-likeness (QED) is 0.0638. The van der Waals surface area contributed by atoms with Crippen molar-refractivity contribution in [3.05, 3.63) is 96.3 Å². The number of aromatic amines is 2. The number of carboxylic acid groups (broad SMARTS) is 1. The average molecular weight is 819 g/mol. The number of H-pyrrole nitrogens is 2. The van der Waals surface area contributed by atoms with Crippen LogP contribution in [0.5, 0.6) is 0 Å². The lowest BCUT2D eigenvalue weighted by Crippen LogP contribution is -2.50. The number of imidazole rings is 2. The number of thiophene rings is 2. The first-order chi connectivity index (χ1) is 28.1. The van der Waals surface area contributed by atoms with Crippen LogP contribution in [-0.4, -0.2) is 84.1 Å². The van der Waals surface area contributed by atoms with Gasteiger partial charge in [0.15, 0.2) is 0 Å². The number of hydrogen-bond donors (Lipinski definition) is 5. The third-order valence-electron chi connectivity index (χ3n) is 10.8. The lowest BCUT2D eigenvalue weighted by molar-refractivity contribution is -0.139. The smallest absolute Gasteiger partial charge is 0.405 e. The molecule has 2 aliphatic heterocycles. The standard InChI is InChI=1S/C42H42N8O6S2/c1-23(2)36(48-42(55)56)40(53)49-16-6-11-30(49)39-44-21-28(46-39)32-19-34-33(58-32)18-31(57-34)25-14-12-24(13-15-25)27-20-43-38(45-27)29-10-7-17-50(29)41(54)37(47-35(52)22-51)26-8-4-3-5-9-26/h3-5,8-9,12-15,18-23,29-30,36-37,48H,6-7,10-11,16-17H2,1-2H3,(H,43,45)(H,44,46)(H,47,52)(H,55,56)/t29-,30?,36-,37+/m0/s1. The van der Waals surface area contributed by atoms with Crippen LogP contribution in [-0.2, 0) is 19.2 Å². The lowest BCUT2D eigenvalue weighted by Gasteiger charge is -2.29. The maximum atomic E-state index is 13.8. The second kappa shape index (κ2) is 16.4. The van der Waals surface area contributed by atoms with Gasteiger partial charge in [-0.1, -0.05) is 68.4 Å². The Hall–Kier alpha value is -6.13. The number of carbonyl (C=O) groups is 5. The second-order valence-electron chi connectivity index (χ2n) is 14.9. The number of amides is 4. The van der Waals surface area contributed by atoms with Crippen LogP contribution in [0.4, 0.5) is 4.79 Å². The summed E-state index contributed by atoms with van der Waals surface area (Å²) in [6.07, 6.45) is 5.61. The summed E-state index contributed by atoms with van der Waals surface area (Å²) in [6.45, 7) is 4.72. The Morgan fingerprint density at radius 2 is 1.34 bits per heavy atom. The fraction of sp³-hybridized carbons (Fsp3) is 0.310. The van der Waals surface area contributed by atoms with Crippen molar-refractivity contribution in [1.82, 2.24) is 40.4 Å². The van der Waals surface area contributed by atoms with E-state index in [1.54, 1.807) is 69.1 Å². The molecule has 14 nitrogen and oxygen atoms in total. The molecule has 16 heteroatoms. The van der Waals surface area contributed by atoms with Gasteiger partial charge in [-0.2, -0.15) is 0 Å². The molecule has 0 aliphatic carbocycles. The molecule has 2 aromatic carbocycles. The zero-order valence-corrected chi connectivity index (χ0v) is 33.4. The molecule has 1 unspecified atom stereocenters. The van der Waals surface area contributed by atoms with Crippen LogP contribution >= 0.6 is 22.7 Å². The van der Waals surface area contributed by atoms with Crippen molar-refractivity contribution < 1.29 is 29.1 Å². The molecule has 2 saturated heterocycles. The number of aldehydes is 1. The Labute approximate surface area is 341 Å². The first-order valence-corrected chi connectivity index (χ1v) is 20.9. The third kappa shape index (κ3) is 7.76. The molecule has 6 heterocycles. The molecular formula is C42H42N8O6S2. The molecule has 5 N–H and O–H groups in total. The van der Waals surface area contributed by atoms with Gasteiger partial charge in [0, 0.05) is 27.4 Å². The van der Waals surface area contributed by atoms with Gasteiger partial charge in [0.25, 0.3) is 5.91 Å². The molecule has 298 valence electrons. The summed E-state index contributed by atoms with van der Waals surface area (Å²) in [5, 5.41) is 14.3. The summed E-state index contributed by atoms with van der Waals surface area (Å²) >= 11 is 3.38. The Balaban J connectivity index is 0.940. The summed E-state index contributed by atoms with van der Waals surface area (Å²) in [4.78, 5) is 83.7. The van der Waals surface area contributed by atoms with Gasteiger partial charge in [-0.3, -0.25) is 19.2 Å². The van der Waals surface area contributed by atoms with Gasteiger partial charge in [-0.05, 0) is 60.4 Å². The van der Waals surface area contributed by atoms with Gasteiger partial charge in [0.05, 0.1) is 40.7 Å². The van der Waals surface area contributed by atoms with Crippen molar-refractivity contribution in [3.8, 4) is 32.3 Å². The predicted molar refractivity (Wildman–Crippen MR) is 221 cm³/mol. The minimum absolute atomic E-state index is 0.178. The summed E-state index contributed by atoms with van der Waals surface area (Å²) in [5.74, 6) is -0.191. The normalized spacial score (nSPS) is 17.8. The maximum absolute atomic E-state index is 13.8. The Morgan fingerprint density at radius 1 is 0.776 bits per heavy atom. The van der Waals surface area contributed by atoms with Crippen LogP contribution in [0, 0.1) is 5.92 Å². The molecule has 8 rings (SSSR count). The molecular weight excluding hydrogens is 777 g/mol. The molecule has 6 aromatic rings. The van der Waals surface area contributed by atoms with E-state index < -0.39 is 24.1 Å². The van der Waals surface area contributed by atoms with Crippen LogP contribution in [0.15, 0.2) is 79.1 Å². The van der Waals surface area contributed by atoms with Gasteiger partial charge in [-0.25, -0.2) is 14.8 Å². The zero-order valence-electron chi connectivity index (χ0n) is 31.8. The SMILES string of the molecule is CC(C)[C@H](NC(=O)O)C(=O)N1CCCC1c1ncc(-c2cc3sc(-c4ccc(-c5cnc([C@@H]6CCCN6C(=O)[C@H](NC(=O)C=O)c6ccccc6)[nH]5)cc4)cc3s2)[nH]1. The number of carbonyl (C=O) groups excluding carboxylic acids is 4. The number of nitrogens with one attached hydrogen (secondary N) is 4. The van der Waals surface area contributed by atoms with E-state index in [2.05, 4.69) is 54.8 Å². The van der Waals surface area contributed by atoms with Gasteiger partial charge >= 0.3 is 6.09 Å². The number of nitrogens with zero attached hydrogens (tertiary/aromatic N) is 4. The van der Waals surface area contributed by atoms with E-state index in [-0.39, 0.29) is 36.1 Å². The number of aromatic nitrogens is 4. The average Bonchev–Trinajstić information content (AvgIpc) is 4.08. The highest BCUT2D eigenvalue weighted by molar-refractivity contribution is 7.31. The van der Waals surface area contributed by atoms with Crippen molar-refractivity contribution in [3.63, 3.8) is 0 Å². The molecule has 0 saturated carbocycles. The number of likely N-dealkylation sites (tertiary alicyclic amines) is 2. The zero-order chi connectivity index (χ0) is 40.5. The van der Waals surface area contributed by atoms with Gasteiger partial charge in [0.1, 0.15) is 23.7 Å². The number of benzene rings is 2. The second-order valence-corrected chi connectivity index (χ2v) is 17.1. The molecule has 2 fully saturated rings. The number of rotatable bonds is 12. The van der Waals surface area contributed by atoms with Crippen molar-refractivity contribution in [1.29, 1.82) is 0 Å². The van der Waals surface area contributed by atoms with Gasteiger partial charge in [0.2, 0.25) is 18.1 Å². The first kappa shape index (κ1) is 38.7. The predicted octanol–water partition coefficient (Wildman–Crippen LogP) is 7.09. The highest BCUT2D eigenvalue weighted by Gasteiger charge is 2.38. The van der Waals surface area contributed by atoms with Crippen LogP contribution in [0.3, 0.4) is 0 Å². The molecule has 4 atom stereocenters. The summed E-state index contributed by atoms with van der Waals surface area (Å²) in [5.41, 5.74) is 4.34. The molecule has 0 spiro atoms. The minimum atomic E-state index is -1.21. The van der Waals surface area contributed by atoms with Crippen molar-refractivity contribution in [2.45, 2.75) is 63.7 Å². The van der Waals surface area contributed by atoms with Crippen LogP contribution in [0.1, 0.15) is 74.9 Å². The largest absolute Gasteiger partial charge is 0.465 e. The number of hydrogen-bond acceptors (Lipinski definition) is 9. The van der Waals surface area contributed by atoms with E-state index in [1.165, 1.54) is 0 Å². The van der Waals surface area contributed by atoms with Crippen LogP contribution in [0.25, 0.3) is 41.7 Å². The Bertz CT molecular complexity index is 2440. The highest BCUT2D eigenvalue weighted by Crippen LogP contribution is 2.42. The molecule has 58 heavy (non-hydrogen) atoms. The van der Waals surface area contributed by atoms with E-state index in [9.17, 15) is 29.1 Å². The summed E-state index contributed by atoms with van der Waals surface area (Å²) in [7, 11) is 0. The molecule has 0 radical (unpaired) electrons. The van der Waals surface area contributed by atoms with E-state index in [0.717, 1.165) is 60.9 Å². The van der Waals surface area contributed by atoms with Crippen molar-refractivity contribution in [2.24, 2.45) is 5.92 Å². The van der Waals surface area contributed by atoms with Gasteiger partial charge in [-0.15, -0.1) is 22.7 Å². The summed E-state index contributed by atoms with van der Waals surface area (Å²) in [6, 6.07) is 19.2. The summed E-state index contributed by atoms with van der Waals surface area (Å²) < 4.78 is 2.31. The molecule has 0 bridgehead atoms. The molecule has 4 amide bonds. The maximum Gasteiger partial charge on any atom is 0.405 e. The highest BCUT2D eigenvalue weighted by atomic mass is 32.1. The van der Waals surface area contributed by atoms with E-state index in [4.69, 9.17) is 0 Å². The third-order valence-corrected chi connectivity index (χ3v) is 13.2. The molecule has 2 aliphatic rings. The topological polar surface area (TPSA) is 193 Å². The van der Waals surface area contributed by atoms with Gasteiger partial charge < -0.3 is 35.5 Å². The Morgan fingerprint density at radius 3 is 1.97 bits per heavy atom. The van der Waals surface area contributed by atoms with Crippen LogP contribution in [0.2, 0.25) is 0 Å². The monoisotopic (exact) mass is 818 g/mol. The van der Waals surface area contributed by atoms with E-state index >= 15 is 0 Å². The fourth-order valence-corrected chi connectivity index (χ4v) is 10.3. The van der Waals surface area contributed by atoms with Crippen LogP contribution < -0.4 is 10.6 Å². The number of fused-ring (bicyclic) bond motifs is 1. The Kier molecular flexibility index (Phi) is 10.9. The molecule has 4 aromatic heterocycles. The van der Waals surface area contributed by atoms with E-state index in [1.807, 2.05) is 32.0 Å². The van der Waals surface area contributed by atoms with Crippen molar-refractivity contribution in [2.75, 3.05) is 13.1 Å². The first-order valence-electron chi connectivity index (χ1n) is 19.2. The van der Waals surface area contributed by atoms with Crippen molar-refractivity contribution >= 4 is 62.2 Å². The van der Waals surface area contributed by atoms with E-state index in [0.29, 0.717) is 36.7 Å². The lowest BCUT2D eigenvalue weighted by atomic mass is 10.0. The fourth-order valence-electron chi connectivity index (χ4n) is 7.94.